The lowest BCUT2D eigenvalue weighted by molar-refractivity contribution is 0.0698. The van der Waals surface area contributed by atoms with E-state index >= 15 is 0 Å². The van der Waals surface area contributed by atoms with Crippen molar-refractivity contribution in [2.24, 2.45) is 11.8 Å². The lowest BCUT2D eigenvalue weighted by atomic mass is 9.92. The predicted molar refractivity (Wildman–Crippen MR) is 81.9 cm³/mol. The molecule has 0 bridgehead atoms. The van der Waals surface area contributed by atoms with Crippen molar-refractivity contribution in [3.8, 4) is 0 Å². The van der Waals surface area contributed by atoms with Crippen LogP contribution >= 0.6 is 11.6 Å². The molecule has 1 aromatic carbocycles. The summed E-state index contributed by atoms with van der Waals surface area (Å²) in [5, 5.41) is 12.2. The standard InChI is InChI=1S/C15H19ClN2O3/c1-9-5-10(2)8-18(7-9)15(21)17-13-6-11(16)3-4-12(13)14(19)20/h3-4,6,9-10H,5,7-8H2,1-2H3,(H,17,21)(H,19,20). The molecule has 0 radical (unpaired) electrons. The molecule has 2 atom stereocenters. The predicted octanol–water partition coefficient (Wildman–Crippen LogP) is 3.55. The van der Waals surface area contributed by atoms with Crippen LogP contribution in [-0.4, -0.2) is 35.1 Å². The van der Waals surface area contributed by atoms with E-state index in [9.17, 15) is 9.59 Å². The molecular formula is C15H19ClN2O3. The van der Waals surface area contributed by atoms with Crippen LogP contribution in [-0.2, 0) is 0 Å². The number of halogens is 1. The number of aromatic carboxylic acids is 1. The highest BCUT2D eigenvalue weighted by Crippen LogP contribution is 2.24. The summed E-state index contributed by atoms with van der Waals surface area (Å²) in [5.74, 6) is -0.210. The van der Waals surface area contributed by atoms with Gasteiger partial charge in [0.25, 0.3) is 0 Å². The number of piperidine rings is 1. The Labute approximate surface area is 128 Å². The van der Waals surface area contributed by atoms with Crippen LogP contribution in [0.5, 0.6) is 0 Å². The van der Waals surface area contributed by atoms with E-state index in [4.69, 9.17) is 16.7 Å². The van der Waals surface area contributed by atoms with Crippen LogP contribution in [0.1, 0.15) is 30.6 Å². The number of urea groups is 1. The molecule has 1 aromatic rings. The average Bonchev–Trinajstić information content (AvgIpc) is 2.37. The summed E-state index contributed by atoms with van der Waals surface area (Å²) in [6.07, 6.45) is 1.10. The van der Waals surface area contributed by atoms with Crippen LogP contribution in [0.15, 0.2) is 18.2 Å². The van der Waals surface area contributed by atoms with E-state index in [1.54, 1.807) is 4.90 Å². The molecular weight excluding hydrogens is 292 g/mol. The molecule has 0 spiro atoms. The van der Waals surface area contributed by atoms with Crippen molar-refractivity contribution in [1.29, 1.82) is 0 Å². The van der Waals surface area contributed by atoms with Crippen molar-refractivity contribution in [3.05, 3.63) is 28.8 Å². The Bertz CT molecular complexity index is 552. The molecule has 5 nitrogen and oxygen atoms in total. The summed E-state index contributed by atoms with van der Waals surface area (Å²) in [4.78, 5) is 25.2. The van der Waals surface area contributed by atoms with Crippen LogP contribution in [0.4, 0.5) is 10.5 Å². The van der Waals surface area contributed by atoms with Crippen LogP contribution in [0.2, 0.25) is 5.02 Å². The smallest absolute Gasteiger partial charge is 0.337 e. The third-order valence-electron chi connectivity index (χ3n) is 3.61. The van der Waals surface area contributed by atoms with Gasteiger partial charge in [0, 0.05) is 18.1 Å². The third-order valence-corrected chi connectivity index (χ3v) is 3.84. The highest BCUT2D eigenvalue weighted by atomic mass is 35.5. The molecule has 114 valence electrons. The molecule has 1 fully saturated rings. The fourth-order valence-corrected chi connectivity index (χ4v) is 3.00. The molecule has 1 aliphatic heterocycles. The topological polar surface area (TPSA) is 69.6 Å². The van der Waals surface area contributed by atoms with E-state index < -0.39 is 5.97 Å². The van der Waals surface area contributed by atoms with E-state index in [-0.39, 0.29) is 17.3 Å². The molecule has 2 N–H and O–H groups in total. The summed E-state index contributed by atoms with van der Waals surface area (Å²) >= 11 is 5.88. The first-order chi connectivity index (χ1) is 9.86. The lowest BCUT2D eigenvalue weighted by Crippen LogP contribution is -2.44. The molecule has 1 saturated heterocycles. The zero-order valence-electron chi connectivity index (χ0n) is 12.1. The van der Waals surface area contributed by atoms with Crippen molar-refractivity contribution < 1.29 is 14.7 Å². The second-order valence-corrected chi connectivity index (χ2v) is 6.21. The molecule has 2 rings (SSSR count). The van der Waals surface area contributed by atoms with Crippen molar-refractivity contribution in [3.63, 3.8) is 0 Å². The average molecular weight is 311 g/mol. The maximum atomic E-state index is 12.3. The quantitative estimate of drug-likeness (QED) is 0.877. The first kappa shape index (κ1) is 15.6. The summed E-state index contributed by atoms with van der Waals surface area (Å²) in [5.41, 5.74) is 0.261. The van der Waals surface area contributed by atoms with Crippen LogP contribution in [0.25, 0.3) is 0 Å². The Kier molecular flexibility index (Phi) is 4.73. The van der Waals surface area contributed by atoms with Crippen molar-refractivity contribution in [1.82, 2.24) is 4.90 Å². The van der Waals surface area contributed by atoms with Crippen LogP contribution in [0, 0.1) is 11.8 Å². The van der Waals surface area contributed by atoms with Crippen molar-refractivity contribution >= 4 is 29.3 Å². The van der Waals surface area contributed by atoms with E-state index in [1.807, 2.05) is 0 Å². The summed E-state index contributed by atoms with van der Waals surface area (Å²) in [6.45, 7) is 5.58. The largest absolute Gasteiger partial charge is 0.478 e. The van der Waals surface area contributed by atoms with Crippen molar-refractivity contribution in [2.45, 2.75) is 20.3 Å². The van der Waals surface area contributed by atoms with Gasteiger partial charge in [-0.2, -0.15) is 0 Å². The van der Waals surface area contributed by atoms with E-state index in [0.29, 0.717) is 29.9 Å². The number of amides is 2. The summed E-state index contributed by atoms with van der Waals surface area (Å²) in [7, 11) is 0. The number of hydrogen-bond acceptors (Lipinski definition) is 2. The van der Waals surface area contributed by atoms with E-state index in [1.165, 1.54) is 18.2 Å². The van der Waals surface area contributed by atoms with Gasteiger partial charge >= 0.3 is 12.0 Å². The van der Waals surface area contributed by atoms with Crippen LogP contribution < -0.4 is 5.32 Å². The number of benzene rings is 1. The third kappa shape index (κ3) is 3.88. The number of rotatable bonds is 2. The van der Waals surface area contributed by atoms with Crippen molar-refractivity contribution in [2.75, 3.05) is 18.4 Å². The molecule has 0 aromatic heterocycles. The zero-order chi connectivity index (χ0) is 15.6. The zero-order valence-corrected chi connectivity index (χ0v) is 12.9. The molecule has 0 saturated carbocycles. The van der Waals surface area contributed by atoms with Gasteiger partial charge in [0.15, 0.2) is 0 Å². The highest BCUT2D eigenvalue weighted by Gasteiger charge is 2.26. The first-order valence-corrected chi connectivity index (χ1v) is 7.33. The molecule has 6 heteroatoms. The van der Waals surface area contributed by atoms with E-state index in [2.05, 4.69) is 19.2 Å². The second kappa shape index (κ2) is 6.35. The number of carboxylic acid groups (broad SMARTS) is 1. The van der Waals surface area contributed by atoms with Gasteiger partial charge in [-0.25, -0.2) is 9.59 Å². The minimum absolute atomic E-state index is 0.0332. The number of likely N-dealkylation sites (tertiary alicyclic amines) is 1. The number of carboxylic acids is 1. The minimum atomic E-state index is -1.10. The van der Waals surface area contributed by atoms with Gasteiger partial charge in [-0.3, -0.25) is 0 Å². The monoisotopic (exact) mass is 310 g/mol. The number of hydrogen-bond donors (Lipinski definition) is 2. The lowest BCUT2D eigenvalue weighted by Gasteiger charge is -2.35. The van der Waals surface area contributed by atoms with Gasteiger partial charge in [0.2, 0.25) is 0 Å². The normalized spacial score (nSPS) is 22.0. The molecule has 1 heterocycles. The fourth-order valence-electron chi connectivity index (χ4n) is 2.83. The van der Waals surface area contributed by atoms with Gasteiger partial charge in [-0.1, -0.05) is 25.4 Å². The van der Waals surface area contributed by atoms with Gasteiger partial charge in [0.1, 0.15) is 0 Å². The molecule has 21 heavy (non-hydrogen) atoms. The number of carbonyl (C=O) groups excluding carboxylic acids is 1. The fraction of sp³-hybridized carbons (Fsp3) is 0.467. The summed E-state index contributed by atoms with van der Waals surface area (Å²) < 4.78 is 0. The molecule has 2 unspecified atom stereocenters. The first-order valence-electron chi connectivity index (χ1n) is 6.95. The van der Waals surface area contributed by atoms with E-state index in [0.717, 1.165) is 6.42 Å². The Morgan fingerprint density at radius 1 is 1.29 bits per heavy atom. The summed E-state index contributed by atoms with van der Waals surface area (Å²) in [6, 6.07) is 4.06. The maximum Gasteiger partial charge on any atom is 0.337 e. The molecule has 2 amide bonds. The number of carbonyl (C=O) groups is 2. The van der Waals surface area contributed by atoms with Gasteiger partial charge in [-0.05, 0) is 36.5 Å². The second-order valence-electron chi connectivity index (χ2n) is 5.78. The number of nitrogens with one attached hydrogen (secondary N) is 1. The van der Waals surface area contributed by atoms with Gasteiger partial charge in [-0.15, -0.1) is 0 Å². The number of anilines is 1. The Balaban J connectivity index is 2.16. The van der Waals surface area contributed by atoms with Gasteiger partial charge < -0.3 is 15.3 Å². The minimum Gasteiger partial charge on any atom is -0.478 e. The van der Waals surface area contributed by atoms with Gasteiger partial charge in [0.05, 0.1) is 11.3 Å². The Morgan fingerprint density at radius 2 is 1.90 bits per heavy atom. The van der Waals surface area contributed by atoms with Crippen LogP contribution in [0.3, 0.4) is 0 Å². The SMILES string of the molecule is CC1CC(C)CN(C(=O)Nc2cc(Cl)ccc2C(=O)O)C1. The highest BCUT2D eigenvalue weighted by molar-refractivity contribution is 6.31. The Hall–Kier alpha value is -1.75. The molecule has 0 aliphatic carbocycles. The Morgan fingerprint density at radius 3 is 2.48 bits per heavy atom. The maximum absolute atomic E-state index is 12.3. The molecule has 1 aliphatic rings. The number of nitrogens with zero attached hydrogens (tertiary/aromatic N) is 1.